The first-order valence-electron chi connectivity index (χ1n) is 8.32. The highest BCUT2D eigenvalue weighted by Gasteiger charge is 2.21. The van der Waals surface area contributed by atoms with E-state index < -0.39 is 28.5 Å². The third-order valence-electron chi connectivity index (χ3n) is 3.97. The second-order valence-corrected chi connectivity index (χ2v) is 8.00. The Balaban J connectivity index is 1.96. The Bertz CT molecular complexity index is 970. The number of ether oxygens (including phenoxy) is 1. The molecule has 2 aromatic rings. The molecule has 28 heavy (non-hydrogen) atoms. The number of aryl methyl sites for hydroxylation is 2. The molecule has 0 bridgehead atoms. The maximum absolute atomic E-state index is 12.1. The molecule has 0 aromatic heterocycles. The fourth-order valence-corrected chi connectivity index (χ4v) is 3.34. The van der Waals surface area contributed by atoms with Gasteiger partial charge < -0.3 is 10.1 Å². The van der Waals surface area contributed by atoms with Gasteiger partial charge in [-0.1, -0.05) is 22.2 Å². The minimum absolute atomic E-state index is 0.0408. The Kier molecular flexibility index (Phi) is 6.90. The number of hydrogen-bond acceptors (Lipinski definition) is 6. The van der Waals surface area contributed by atoms with Crippen LogP contribution in [-0.4, -0.2) is 45.5 Å². The number of esters is 1. The van der Waals surface area contributed by atoms with E-state index in [-0.39, 0.29) is 10.5 Å². The highest BCUT2D eigenvalue weighted by molar-refractivity contribution is 7.89. The van der Waals surface area contributed by atoms with E-state index in [1.54, 1.807) is 6.07 Å². The van der Waals surface area contributed by atoms with Crippen LogP contribution in [0.25, 0.3) is 0 Å². The molecule has 0 fully saturated rings. The smallest absolute Gasteiger partial charge is 0.338 e. The van der Waals surface area contributed by atoms with Gasteiger partial charge in [0.25, 0.3) is 15.9 Å². The predicted octanol–water partition coefficient (Wildman–Crippen LogP) is 2.28. The second kappa shape index (κ2) is 8.96. The number of hydrogen-bond donors (Lipinski definition) is 1. The first kappa shape index (κ1) is 21.5. The minimum atomic E-state index is -3.80. The van der Waals surface area contributed by atoms with Crippen LogP contribution < -0.4 is 5.32 Å². The molecule has 1 amide bonds. The van der Waals surface area contributed by atoms with E-state index in [1.807, 2.05) is 26.0 Å². The highest BCUT2D eigenvalue weighted by atomic mass is 32.2. The number of rotatable bonds is 7. The number of benzene rings is 2. The zero-order valence-corrected chi connectivity index (χ0v) is 16.9. The SMILES string of the molecule is CON(C)S(=O)(=O)c1ccc(C(=O)OCC(=O)Nc2ccc(C)cc2C)cc1. The van der Waals surface area contributed by atoms with Gasteiger partial charge in [-0.15, -0.1) is 0 Å². The molecule has 1 N–H and O–H groups in total. The summed E-state index contributed by atoms with van der Waals surface area (Å²) >= 11 is 0. The zero-order valence-electron chi connectivity index (χ0n) is 16.1. The van der Waals surface area contributed by atoms with Crippen molar-refractivity contribution in [1.29, 1.82) is 0 Å². The van der Waals surface area contributed by atoms with Crippen LogP contribution >= 0.6 is 0 Å². The topological polar surface area (TPSA) is 102 Å². The van der Waals surface area contributed by atoms with Crippen molar-refractivity contribution < 1.29 is 27.6 Å². The first-order chi connectivity index (χ1) is 13.1. The van der Waals surface area contributed by atoms with Crippen molar-refractivity contribution in [3.8, 4) is 0 Å². The summed E-state index contributed by atoms with van der Waals surface area (Å²) in [6.07, 6.45) is 0. The summed E-state index contributed by atoms with van der Waals surface area (Å²) in [7, 11) is -1.32. The summed E-state index contributed by atoms with van der Waals surface area (Å²) in [4.78, 5) is 28.7. The Morgan fingerprint density at radius 2 is 1.71 bits per heavy atom. The van der Waals surface area contributed by atoms with E-state index >= 15 is 0 Å². The van der Waals surface area contributed by atoms with Gasteiger partial charge in [0.15, 0.2) is 6.61 Å². The van der Waals surface area contributed by atoms with Crippen LogP contribution in [0, 0.1) is 13.8 Å². The van der Waals surface area contributed by atoms with Crippen molar-refractivity contribution in [2.24, 2.45) is 0 Å². The normalized spacial score (nSPS) is 11.3. The zero-order chi connectivity index (χ0) is 20.9. The number of anilines is 1. The van der Waals surface area contributed by atoms with Crippen molar-refractivity contribution in [3.63, 3.8) is 0 Å². The van der Waals surface area contributed by atoms with E-state index in [2.05, 4.69) is 10.2 Å². The van der Waals surface area contributed by atoms with E-state index in [0.29, 0.717) is 10.2 Å². The van der Waals surface area contributed by atoms with Crippen LogP contribution in [0.15, 0.2) is 47.4 Å². The van der Waals surface area contributed by atoms with Crippen LogP contribution in [-0.2, 0) is 24.4 Å². The maximum Gasteiger partial charge on any atom is 0.338 e. The lowest BCUT2D eigenvalue weighted by Crippen LogP contribution is -2.25. The van der Waals surface area contributed by atoms with Crippen LogP contribution in [0.3, 0.4) is 0 Å². The Morgan fingerprint density at radius 3 is 2.29 bits per heavy atom. The average Bonchev–Trinajstić information content (AvgIpc) is 2.67. The molecule has 8 nitrogen and oxygen atoms in total. The number of carbonyl (C=O) groups excluding carboxylic acids is 2. The lowest BCUT2D eigenvalue weighted by Gasteiger charge is -2.14. The third-order valence-corrected chi connectivity index (χ3v) is 5.67. The third kappa shape index (κ3) is 5.16. The molecule has 0 spiro atoms. The van der Waals surface area contributed by atoms with Crippen LogP contribution in [0.5, 0.6) is 0 Å². The van der Waals surface area contributed by atoms with Crippen molar-refractivity contribution in [2.45, 2.75) is 18.7 Å². The number of nitrogens with zero attached hydrogens (tertiary/aromatic N) is 1. The monoisotopic (exact) mass is 406 g/mol. The van der Waals surface area contributed by atoms with Gasteiger partial charge in [-0.2, -0.15) is 0 Å². The second-order valence-electron chi connectivity index (χ2n) is 6.06. The summed E-state index contributed by atoms with van der Waals surface area (Å²) < 4.78 is 29.9. The van der Waals surface area contributed by atoms with E-state index in [4.69, 9.17) is 4.74 Å². The number of carbonyl (C=O) groups is 2. The molecular formula is C19H22N2O6S. The highest BCUT2D eigenvalue weighted by Crippen LogP contribution is 2.17. The molecule has 0 saturated carbocycles. The number of hydroxylamine groups is 1. The van der Waals surface area contributed by atoms with Crippen LogP contribution in [0.4, 0.5) is 5.69 Å². The van der Waals surface area contributed by atoms with Crippen molar-refractivity contribution in [3.05, 3.63) is 59.2 Å². The van der Waals surface area contributed by atoms with Gasteiger partial charge in [0.2, 0.25) is 0 Å². The summed E-state index contributed by atoms with van der Waals surface area (Å²) in [6.45, 7) is 3.36. The molecule has 0 aliphatic carbocycles. The molecule has 0 aliphatic rings. The van der Waals surface area contributed by atoms with Gasteiger partial charge in [0, 0.05) is 12.7 Å². The Hall–Kier alpha value is -2.75. The molecular weight excluding hydrogens is 384 g/mol. The van der Waals surface area contributed by atoms with Crippen LogP contribution in [0.1, 0.15) is 21.5 Å². The van der Waals surface area contributed by atoms with Gasteiger partial charge in [0.1, 0.15) is 0 Å². The van der Waals surface area contributed by atoms with Crippen molar-refractivity contribution in [1.82, 2.24) is 4.47 Å². The molecule has 0 radical (unpaired) electrons. The van der Waals surface area contributed by atoms with Gasteiger partial charge >= 0.3 is 5.97 Å². The lowest BCUT2D eigenvalue weighted by molar-refractivity contribution is -0.119. The number of amides is 1. The predicted molar refractivity (Wildman–Crippen MR) is 103 cm³/mol. The molecule has 0 aliphatic heterocycles. The maximum atomic E-state index is 12.1. The lowest BCUT2D eigenvalue weighted by atomic mass is 10.1. The molecule has 9 heteroatoms. The number of sulfonamides is 1. The molecule has 2 rings (SSSR count). The fraction of sp³-hybridized carbons (Fsp3) is 0.263. The molecule has 0 unspecified atom stereocenters. The first-order valence-corrected chi connectivity index (χ1v) is 9.76. The molecule has 0 heterocycles. The van der Waals surface area contributed by atoms with Crippen molar-refractivity contribution >= 4 is 27.6 Å². The quantitative estimate of drug-likeness (QED) is 0.559. The largest absolute Gasteiger partial charge is 0.452 e. The standard InChI is InChI=1S/C19H22N2O6S/c1-13-5-10-17(14(2)11-13)20-18(22)12-27-19(23)15-6-8-16(9-7-15)28(24,25)21(3)26-4/h5-11H,12H2,1-4H3,(H,20,22). The van der Waals surface area contributed by atoms with Crippen LogP contribution in [0.2, 0.25) is 0 Å². The number of nitrogens with one attached hydrogen (secondary N) is 1. The van der Waals surface area contributed by atoms with Crippen molar-refractivity contribution in [2.75, 3.05) is 26.1 Å². The summed E-state index contributed by atoms with van der Waals surface area (Å²) in [5, 5.41) is 2.68. The van der Waals surface area contributed by atoms with E-state index in [1.165, 1.54) is 38.4 Å². The summed E-state index contributed by atoms with van der Waals surface area (Å²) in [6, 6.07) is 10.7. The Morgan fingerprint density at radius 1 is 1.07 bits per heavy atom. The minimum Gasteiger partial charge on any atom is -0.452 e. The summed E-state index contributed by atoms with van der Waals surface area (Å²) in [5.41, 5.74) is 2.74. The fourth-order valence-electron chi connectivity index (χ4n) is 2.36. The Labute approximate surface area is 164 Å². The van der Waals surface area contributed by atoms with Gasteiger partial charge in [0.05, 0.1) is 17.6 Å². The molecule has 0 atom stereocenters. The molecule has 0 saturated heterocycles. The van der Waals surface area contributed by atoms with Gasteiger partial charge in [-0.3, -0.25) is 9.63 Å². The molecule has 2 aromatic carbocycles. The van der Waals surface area contributed by atoms with Gasteiger partial charge in [-0.25, -0.2) is 13.2 Å². The molecule has 150 valence electrons. The summed E-state index contributed by atoms with van der Waals surface area (Å²) in [5.74, 6) is -1.21. The van der Waals surface area contributed by atoms with Gasteiger partial charge in [-0.05, 0) is 49.7 Å². The van der Waals surface area contributed by atoms with E-state index in [0.717, 1.165) is 11.1 Å². The average molecular weight is 406 g/mol. The van der Waals surface area contributed by atoms with E-state index in [9.17, 15) is 18.0 Å².